The smallest absolute Gasteiger partial charge is 0.255 e. The molecule has 1 aromatic rings. The second kappa shape index (κ2) is 7.52. The molecule has 3 amide bonds. The number of carbonyl (C=O) groups is 3. The van der Waals surface area contributed by atoms with Crippen molar-refractivity contribution < 1.29 is 23.5 Å². The van der Waals surface area contributed by atoms with Crippen LogP contribution in [-0.4, -0.2) is 53.0 Å². The number of fused-ring (bicyclic) bond motifs is 1. The van der Waals surface area contributed by atoms with Crippen LogP contribution in [0.25, 0.3) is 0 Å². The lowest BCUT2D eigenvalue weighted by Crippen LogP contribution is -2.68. The van der Waals surface area contributed by atoms with E-state index in [9.17, 15) is 18.8 Å². The molecule has 5 fully saturated rings. The monoisotopic (exact) mass is 455 g/mol. The van der Waals surface area contributed by atoms with Gasteiger partial charge in [0, 0.05) is 31.1 Å². The summed E-state index contributed by atoms with van der Waals surface area (Å²) in [5.41, 5.74) is 0.747. The lowest BCUT2D eigenvalue weighted by molar-refractivity contribution is -0.211. The summed E-state index contributed by atoms with van der Waals surface area (Å²) in [7, 11) is 0. The zero-order chi connectivity index (χ0) is 22.8. The normalized spacial score (nSPS) is 37.2. The van der Waals surface area contributed by atoms with Crippen molar-refractivity contribution >= 4 is 17.7 Å². The maximum absolute atomic E-state index is 13.9. The van der Waals surface area contributed by atoms with E-state index in [-0.39, 0.29) is 35.8 Å². The Kier molecular flexibility index (Phi) is 4.80. The molecule has 4 aliphatic carbocycles. The summed E-state index contributed by atoms with van der Waals surface area (Å²) in [5.74, 6) is -0.126. The predicted molar refractivity (Wildman–Crippen MR) is 117 cm³/mol. The van der Waals surface area contributed by atoms with Crippen LogP contribution in [0.1, 0.15) is 73.7 Å². The van der Waals surface area contributed by atoms with Gasteiger partial charge in [0.15, 0.2) is 0 Å². The number of hydrogen-bond acceptors (Lipinski definition) is 5. The van der Waals surface area contributed by atoms with Gasteiger partial charge >= 0.3 is 0 Å². The van der Waals surface area contributed by atoms with Gasteiger partial charge in [0.1, 0.15) is 23.6 Å². The van der Waals surface area contributed by atoms with Crippen LogP contribution in [0, 0.1) is 5.41 Å². The van der Waals surface area contributed by atoms with E-state index in [0.717, 1.165) is 43.5 Å². The summed E-state index contributed by atoms with van der Waals surface area (Å²) >= 11 is 0. The first-order valence-electron chi connectivity index (χ1n) is 12.2. The molecule has 1 unspecified atom stereocenters. The van der Waals surface area contributed by atoms with Crippen LogP contribution >= 0.6 is 0 Å². The Bertz CT molecular complexity index is 1010. The van der Waals surface area contributed by atoms with Crippen LogP contribution in [0.15, 0.2) is 18.2 Å². The molecule has 0 spiro atoms. The van der Waals surface area contributed by atoms with Crippen molar-refractivity contribution in [1.82, 2.24) is 15.5 Å². The van der Waals surface area contributed by atoms with Crippen LogP contribution in [0.4, 0.5) is 4.39 Å². The average Bonchev–Trinajstić information content (AvgIpc) is 3.06. The molecule has 2 bridgehead atoms. The van der Waals surface area contributed by atoms with Gasteiger partial charge in [0.2, 0.25) is 11.8 Å². The molecule has 7 rings (SSSR count). The summed E-state index contributed by atoms with van der Waals surface area (Å²) in [6, 6.07) is 5.17. The van der Waals surface area contributed by atoms with Crippen molar-refractivity contribution in [3.05, 3.63) is 29.3 Å². The summed E-state index contributed by atoms with van der Waals surface area (Å²) in [6.45, 7) is 1.21. The molecule has 8 heteroatoms. The molecular weight excluding hydrogens is 425 g/mol. The minimum absolute atomic E-state index is 0.0480. The Morgan fingerprint density at radius 3 is 2.67 bits per heavy atom. The third-order valence-corrected chi connectivity index (χ3v) is 8.30. The van der Waals surface area contributed by atoms with Gasteiger partial charge in [0.25, 0.3) is 5.91 Å². The molecule has 2 heterocycles. The van der Waals surface area contributed by atoms with Gasteiger partial charge in [-0.1, -0.05) is 6.42 Å². The Labute approximate surface area is 192 Å². The highest BCUT2D eigenvalue weighted by atomic mass is 19.1. The van der Waals surface area contributed by atoms with E-state index in [1.54, 1.807) is 11.0 Å². The first kappa shape index (κ1) is 21.1. The van der Waals surface area contributed by atoms with E-state index >= 15 is 0 Å². The maximum atomic E-state index is 13.9. The molecule has 2 aliphatic heterocycles. The second-order valence-electron chi connectivity index (χ2n) is 10.8. The average molecular weight is 456 g/mol. The minimum atomic E-state index is -0.867. The number of nitrogens with zero attached hydrogens (tertiary/aromatic N) is 1. The Morgan fingerprint density at radius 1 is 1.12 bits per heavy atom. The molecule has 6 aliphatic rings. The fraction of sp³-hybridized carbons (Fsp3) is 0.640. The van der Waals surface area contributed by atoms with E-state index in [2.05, 4.69) is 10.6 Å². The lowest BCUT2D eigenvalue weighted by Gasteiger charge is -2.66. The molecule has 3 atom stereocenters. The summed E-state index contributed by atoms with van der Waals surface area (Å²) in [5, 5.41) is 6.02. The highest BCUT2D eigenvalue weighted by Gasteiger charge is 2.68. The number of hydrogen-bond donors (Lipinski definition) is 2. The number of imide groups is 1. The van der Waals surface area contributed by atoms with Gasteiger partial charge in [-0.3, -0.25) is 19.7 Å². The SMILES string of the molecule is O=C1CCC(N2Cc3cc(O[C@@H]4CCCC[C@@H]4NCC45CC(F)(C4)C5)ccc3C2=O)C(=O)N1. The van der Waals surface area contributed by atoms with Crippen LogP contribution in [0.5, 0.6) is 5.75 Å². The molecule has 4 saturated carbocycles. The zero-order valence-corrected chi connectivity index (χ0v) is 18.7. The summed E-state index contributed by atoms with van der Waals surface area (Å²) in [4.78, 5) is 38.2. The van der Waals surface area contributed by atoms with E-state index in [4.69, 9.17) is 4.74 Å². The maximum Gasteiger partial charge on any atom is 0.255 e. The van der Waals surface area contributed by atoms with Crippen LogP contribution in [-0.2, 0) is 16.1 Å². The fourth-order valence-corrected chi connectivity index (χ4v) is 6.67. The molecule has 0 aromatic heterocycles. The van der Waals surface area contributed by atoms with Crippen LogP contribution in [0.3, 0.4) is 0 Å². The van der Waals surface area contributed by atoms with Gasteiger partial charge in [0.05, 0.1) is 0 Å². The number of piperidine rings is 1. The molecule has 176 valence electrons. The van der Waals surface area contributed by atoms with Crippen LogP contribution < -0.4 is 15.4 Å². The van der Waals surface area contributed by atoms with Gasteiger partial charge in [-0.25, -0.2) is 4.39 Å². The highest BCUT2D eigenvalue weighted by molar-refractivity contribution is 6.05. The van der Waals surface area contributed by atoms with Gasteiger partial charge < -0.3 is 15.0 Å². The van der Waals surface area contributed by atoms with E-state index in [1.165, 1.54) is 0 Å². The Morgan fingerprint density at radius 2 is 1.91 bits per heavy atom. The van der Waals surface area contributed by atoms with Crippen molar-refractivity contribution in [2.75, 3.05) is 6.54 Å². The van der Waals surface area contributed by atoms with E-state index < -0.39 is 17.6 Å². The fourth-order valence-electron chi connectivity index (χ4n) is 6.67. The Balaban J connectivity index is 1.11. The number of benzene rings is 1. The number of alkyl halides is 1. The number of halogens is 1. The first-order chi connectivity index (χ1) is 15.8. The van der Waals surface area contributed by atoms with Crippen molar-refractivity contribution in [1.29, 1.82) is 0 Å². The molecule has 2 N–H and O–H groups in total. The van der Waals surface area contributed by atoms with E-state index in [1.807, 2.05) is 12.1 Å². The zero-order valence-electron chi connectivity index (χ0n) is 18.7. The lowest BCUT2D eigenvalue weighted by atomic mass is 9.42. The van der Waals surface area contributed by atoms with Crippen molar-refractivity contribution in [3.63, 3.8) is 0 Å². The molecule has 33 heavy (non-hydrogen) atoms. The molecule has 7 nitrogen and oxygen atoms in total. The number of amides is 3. The molecular formula is C25H30FN3O4. The highest BCUT2D eigenvalue weighted by Crippen LogP contribution is 2.69. The first-order valence-corrected chi connectivity index (χ1v) is 12.2. The summed E-state index contributed by atoms with van der Waals surface area (Å²) in [6.07, 6.45) is 7.06. The topological polar surface area (TPSA) is 87.7 Å². The number of carbonyl (C=O) groups excluding carboxylic acids is 3. The molecule has 0 radical (unpaired) electrons. The Hall–Kier alpha value is -2.48. The number of nitrogens with one attached hydrogen (secondary N) is 2. The third-order valence-electron chi connectivity index (χ3n) is 8.30. The number of ether oxygens (including phenoxy) is 1. The van der Waals surface area contributed by atoms with Gasteiger partial charge in [-0.2, -0.15) is 0 Å². The van der Waals surface area contributed by atoms with Gasteiger partial charge in [-0.15, -0.1) is 0 Å². The van der Waals surface area contributed by atoms with E-state index in [0.29, 0.717) is 37.8 Å². The second-order valence-corrected chi connectivity index (χ2v) is 10.8. The van der Waals surface area contributed by atoms with Crippen molar-refractivity contribution in [2.45, 2.75) is 88.2 Å². The standard InChI is InChI=1S/C25H30FN3O4/c26-25-11-24(12-25,13-25)14-27-18-3-1-2-4-20(18)33-16-5-6-17-15(9-16)10-29(23(17)32)19-7-8-21(30)28-22(19)31/h5-6,9,18-20,27H,1-4,7-8,10-14H2,(H,28,30,31)/t18-,19?,20+,24?,25?/m0/s1. The van der Waals surface area contributed by atoms with Crippen molar-refractivity contribution in [2.24, 2.45) is 5.41 Å². The summed E-state index contributed by atoms with van der Waals surface area (Å²) < 4.78 is 20.3. The van der Waals surface area contributed by atoms with Crippen molar-refractivity contribution in [3.8, 4) is 5.75 Å². The van der Waals surface area contributed by atoms with Crippen LogP contribution in [0.2, 0.25) is 0 Å². The predicted octanol–water partition coefficient (Wildman–Crippen LogP) is 2.62. The quantitative estimate of drug-likeness (QED) is 0.644. The molecule has 1 aromatic carbocycles. The number of rotatable bonds is 6. The third kappa shape index (κ3) is 3.63. The van der Waals surface area contributed by atoms with Gasteiger partial charge in [-0.05, 0) is 74.1 Å². The minimum Gasteiger partial charge on any atom is -0.489 e. The molecule has 1 saturated heterocycles. The largest absolute Gasteiger partial charge is 0.489 e.